The Kier molecular flexibility index (Phi) is 4.79. The summed E-state index contributed by atoms with van der Waals surface area (Å²) < 4.78 is 15.1. The molecule has 0 aliphatic heterocycles. The van der Waals surface area contributed by atoms with Gasteiger partial charge in [0.25, 0.3) is 0 Å². The number of urea groups is 1. The highest BCUT2D eigenvalue weighted by Crippen LogP contribution is 2.21. The third-order valence-electron chi connectivity index (χ3n) is 3.87. The lowest BCUT2D eigenvalue weighted by Crippen LogP contribution is -2.34. The van der Waals surface area contributed by atoms with Crippen molar-refractivity contribution in [2.45, 2.75) is 13.0 Å². The molecule has 1 aromatic heterocycles. The highest BCUT2D eigenvalue weighted by molar-refractivity contribution is 5.89. The fourth-order valence-electron chi connectivity index (χ4n) is 2.63. The van der Waals surface area contributed by atoms with E-state index in [1.807, 2.05) is 42.8 Å². The molecule has 25 heavy (non-hydrogen) atoms. The maximum atomic E-state index is 13.2. The molecule has 128 valence electrons. The van der Waals surface area contributed by atoms with Gasteiger partial charge < -0.3 is 15.2 Å². The van der Waals surface area contributed by atoms with Gasteiger partial charge in [0.1, 0.15) is 17.7 Å². The number of carbonyl (C=O) groups is 1. The molecule has 6 heteroatoms. The van der Waals surface area contributed by atoms with Gasteiger partial charge in [0.2, 0.25) is 0 Å². The lowest BCUT2D eigenvalue weighted by atomic mass is 10.1. The Bertz CT molecular complexity index is 873. The number of benzene rings is 2. The molecule has 0 unspecified atom stereocenters. The Morgan fingerprint density at radius 1 is 1.20 bits per heavy atom. The maximum Gasteiger partial charge on any atom is 0.320 e. The molecule has 3 aromatic rings. The summed E-state index contributed by atoms with van der Waals surface area (Å²) in [6.07, 6.45) is 3.46. The number of nitrogens with one attached hydrogen (secondary N) is 2. The average molecular weight is 338 g/mol. The lowest BCUT2D eigenvalue weighted by Gasteiger charge is -2.19. The number of hydrogen-bond acceptors (Lipinski definition) is 2. The van der Waals surface area contributed by atoms with Crippen molar-refractivity contribution in [2.24, 2.45) is 7.05 Å². The van der Waals surface area contributed by atoms with Crippen molar-refractivity contribution in [1.82, 2.24) is 14.9 Å². The van der Waals surface area contributed by atoms with E-state index in [-0.39, 0.29) is 11.8 Å². The van der Waals surface area contributed by atoms with Crippen LogP contribution < -0.4 is 10.6 Å². The first-order chi connectivity index (χ1) is 12.0. The Morgan fingerprint density at radius 3 is 2.60 bits per heavy atom. The van der Waals surface area contributed by atoms with E-state index in [9.17, 15) is 9.18 Å². The number of aryl methyl sites for hydroxylation is 2. The van der Waals surface area contributed by atoms with Gasteiger partial charge in [-0.3, -0.25) is 0 Å². The summed E-state index contributed by atoms with van der Waals surface area (Å²) in [7, 11) is 1.85. The van der Waals surface area contributed by atoms with E-state index in [0.717, 1.165) is 11.1 Å². The molecule has 0 saturated heterocycles. The van der Waals surface area contributed by atoms with Crippen LogP contribution in [0.3, 0.4) is 0 Å². The minimum absolute atomic E-state index is 0.327. The van der Waals surface area contributed by atoms with Gasteiger partial charge in [0, 0.05) is 25.1 Å². The molecule has 0 saturated carbocycles. The standard InChI is InChI=1S/C19H19FN4O/c1-13-4-3-5-16(12-13)22-19(25)23-17(18-21-10-11-24(18)2)14-6-8-15(20)9-7-14/h3-12,17H,1-2H3,(H2,22,23,25)/t17-/m0/s1. The van der Waals surface area contributed by atoms with E-state index in [1.165, 1.54) is 12.1 Å². The van der Waals surface area contributed by atoms with Crippen LogP contribution in [0.5, 0.6) is 0 Å². The fraction of sp³-hybridized carbons (Fsp3) is 0.158. The highest BCUT2D eigenvalue weighted by Gasteiger charge is 2.20. The number of imidazole rings is 1. The van der Waals surface area contributed by atoms with Gasteiger partial charge in [-0.05, 0) is 42.3 Å². The van der Waals surface area contributed by atoms with E-state index < -0.39 is 6.04 Å². The number of aromatic nitrogens is 2. The second-order valence-corrected chi connectivity index (χ2v) is 5.85. The number of halogens is 1. The Hall–Kier alpha value is -3.15. The molecule has 0 spiro atoms. The number of anilines is 1. The summed E-state index contributed by atoms with van der Waals surface area (Å²) in [4.78, 5) is 16.8. The SMILES string of the molecule is Cc1cccc(NC(=O)N[C@@H](c2ccc(F)cc2)c2nccn2C)c1. The zero-order chi connectivity index (χ0) is 17.8. The molecular weight excluding hydrogens is 319 g/mol. The van der Waals surface area contributed by atoms with Crippen LogP contribution in [-0.2, 0) is 7.05 Å². The average Bonchev–Trinajstić information content (AvgIpc) is 2.99. The molecule has 1 atom stereocenters. The largest absolute Gasteiger partial charge is 0.336 e. The minimum atomic E-state index is -0.495. The van der Waals surface area contributed by atoms with Gasteiger partial charge in [0.15, 0.2) is 0 Å². The van der Waals surface area contributed by atoms with Crippen molar-refractivity contribution < 1.29 is 9.18 Å². The number of rotatable bonds is 4. The lowest BCUT2D eigenvalue weighted by molar-refractivity contribution is 0.249. The molecule has 1 heterocycles. The van der Waals surface area contributed by atoms with Gasteiger partial charge >= 0.3 is 6.03 Å². The number of nitrogens with zero attached hydrogens (tertiary/aromatic N) is 2. The van der Waals surface area contributed by atoms with E-state index >= 15 is 0 Å². The fourth-order valence-corrected chi connectivity index (χ4v) is 2.63. The van der Waals surface area contributed by atoms with Crippen molar-refractivity contribution in [3.63, 3.8) is 0 Å². The van der Waals surface area contributed by atoms with Crippen LogP contribution in [-0.4, -0.2) is 15.6 Å². The molecule has 3 rings (SSSR count). The predicted molar refractivity (Wildman–Crippen MR) is 94.8 cm³/mol. The van der Waals surface area contributed by atoms with Crippen LogP contribution in [0.2, 0.25) is 0 Å². The molecule has 0 aliphatic rings. The first kappa shape index (κ1) is 16.7. The molecule has 0 aliphatic carbocycles. The molecule has 0 radical (unpaired) electrons. The van der Waals surface area contributed by atoms with Gasteiger partial charge in [0.05, 0.1) is 0 Å². The van der Waals surface area contributed by atoms with Crippen molar-refractivity contribution in [1.29, 1.82) is 0 Å². The van der Waals surface area contributed by atoms with Gasteiger partial charge in [-0.15, -0.1) is 0 Å². The normalized spacial score (nSPS) is 11.8. The summed E-state index contributed by atoms with van der Waals surface area (Å²) in [5.41, 5.74) is 2.50. The van der Waals surface area contributed by atoms with Crippen molar-refractivity contribution >= 4 is 11.7 Å². The molecular formula is C19H19FN4O. The summed E-state index contributed by atoms with van der Waals surface area (Å²) in [6, 6.07) is 12.7. The van der Waals surface area contributed by atoms with E-state index in [2.05, 4.69) is 15.6 Å². The van der Waals surface area contributed by atoms with Crippen LogP contribution in [0, 0.1) is 12.7 Å². The van der Waals surface area contributed by atoms with Gasteiger partial charge in [-0.25, -0.2) is 14.2 Å². The van der Waals surface area contributed by atoms with Gasteiger partial charge in [-0.2, -0.15) is 0 Å². The second kappa shape index (κ2) is 7.17. The van der Waals surface area contributed by atoms with Crippen LogP contribution in [0.25, 0.3) is 0 Å². The Balaban J connectivity index is 1.83. The quantitative estimate of drug-likeness (QED) is 0.760. The first-order valence-electron chi connectivity index (χ1n) is 7.90. The zero-order valence-electron chi connectivity index (χ0n) is 14.0. The molecule has 0 bridgehead atoms. The summed E-state index contributed by atoms with van der Waals surface area (Å²) in [5.74, 6) is 0.331. The molecule has 2 N–H and O–H groups in total. The second-order valence-electron chi connectivity index (χ2n) is 5.85. The zero-order valence-corrected chi connectivity index (χ0v) is 14.0. The topological polar surface area (TPSA) is 59.0 Å². The predicted octanol–water partition coefficient (Wildman–Crippen LogP) is 3.78. The van der Waals surface area contributed by atoms with Crippen molar-refractivity contribution in [3.05, 3.63) is 83.7 Å². The van der Waals surface area contributed by atoms with Crippen LogP contribution >= 0.6 is 0 Å². The van der Waals surface area contributed by atoms with Crippen LogP contribution in [0.15, 0.2) is 60.9 Å². The van der Waals surface area contributed by atoms with Crippen LogP contribution in [0.4, 0.5) is 14.9 Å². The summed E-state index contributed by atoms with van der Waals surface area (Å²) in [5, 5.41) is 5.72. The minimum Gasteiger partial charge on any atom is -0.336 e. The molecule has 2 amide bonds. The van der Waals surface area contributed by atoms with Crippen molar-refractivity contribution in [3.8, 4) is 0 Å². The number of amides is 2. The van der Waals surface area contributed by atoms with E-state index in [4.69, 9.17) is 0 Å². The maximum absolute atomic E-state index is 13.2. The van der Waals surface area contributed by atoms with E-state index in [0.29, 0.717) is 11.5 Å². The summed E-state index contributed by atoms with van der Waals surface area (Å²) >= 11 is 0. The van der Waals surface area contributed by atoms with E-state index in [1.54, 1.807) is 24.5 Å². The monoisotopic (exact) mass is 338 g/mol. The summed E-state index contributed by atoms with van der Waals surface area (Å²) in [6.45, 7) is 1.96. The third kappa shape index (κ3) is 4.03. The van der Waals surface area contributed by atoms with Gasteiger partial charge in [-0.1, -0.05) is 24.3 Å². The third-order valence-corrected chi connectivity index (χ3v) is 3.87. The smallest absolute Gasteiger partial charge is 0.320 e. The molecule has 2 aromatic carbocycles. The van der Waals surface area contributed by atoms with Crippen LogP contribution in [0.1, 0.15) is 23.0 Å². The van der Waals surface area contributed by atoms with Crippen molar-refractivity contribution in [2.75, 3.05) is 5.32 Å². The first-order valence-corrected chi connectivity index (χ1v) is 7.90. The number of hydrogen-bond donors (Lipinski definition) is 2. The Morgan fingerprint density at radius 2 is 1.96 bits per heavy atom. The molecule has 5 nitrogen and oxygen atoms in total. The Labute approximate surface area is 145 Å². The molecule has 0 fully saturated rings. The number of carbonyl (C=O) groups excluding carboxylic acids is 1. The highest BCUT2D eigenvalue weighted by atomic mass is 19.1.